The van der Waals surface area contributed by atoms with Gasteiger partial charge in [0, 0.05) is 0 Å². The molecule has 1 radical (unpaired) electrons. The van der Waals surface area contributed by atoms with Gasteiger partial charge >= 0.3 is 0 Å². The second kappa shape index (κ2) is 20.3. The maximum absolute atomic E-state index is 4.03. The summed E-state index contributed by atoms with van der Waals surface area (Å²) in [5, 5.41) is 0. The van der Waals surface area contributed by atoms with Crippen LogP contribution in [0.1, 0.15) is 143 Å². The molecule has 0 heterocycles. The van der Waals surface area contributed by atoms with Gasteiger partial charge in [-0.2, -0.15) is 0 Å². The van der Waals surface area contributed by atoms with Crippen molar-refractivity contribution in [2.24, 2.45) is 11.8 Å². The average molecular weight is 352 g/mol. The molecule has 0 N–H and O–H groups in total. The molecule has 0 rings (SSSR count). The maximum atomic E-state index is 4.03. The lowest BCUT2D eigenvalue weighted by Gasteiger charge is -2.19. The molecule has 0 bridgehead atoms. The van der Waals surface area contributed by atoms with Crippen LogP contribution in [0.2, 0.25) is 0 Å². The van der Waals surface area contributed by atoms with Crippen molar-refractivity contribution in [3.8, 4) is 0 Å². The smallest absolute Gasteiger partial charge is 0.0391 e. The summed E-state index contributed by atoms with van der Waals surface area (Å²) < 4.78 is 0. The summed E-state index contributed by atoms with van der Waals surface area (Å²) in [5.41, 5.74) is 0. The van der Waals surface area contributed by atoms with Crippen LogP contribution in [-0.2, 0) is 0 Å². The number of hydrogen-bond donors (Lipinski definition) is 0. The van der Waals surface area contributed by atoms with Crippen LogP contribution in [0.4, 0.5) is 0 Å². The first-order valence-corrected chi connectivity index (χ1v) is 12.0. The average Bonchev–Trinajstić information content (AvgIpc) is 2.60. The van der Waals surface area contributed by atoms with Crippen LogP contribution in [0.25, 0.3) is 0 Å². The zero-order chi connectivity index (χ0) is 18.6. The normalized spacial score (nSPS) is 12.8. The SMILES string of the molecule is [CH2]CCC(CCCCCCCCCCCCCCCCCC)C(C)C. The molecule has 1 atom stereocenters. The van der Waals surface area contributed by atoms with E-state index in [0.717, 1.165) is 18.3 Å². The number of unbranched alkanes of at least 4 members (excludes halogenated alkanes) is 15. The highest BCUT2D eigenvalue weighted by Gasteiger charge is 2.11. The zero-order valence-electron chi connectivity index (χ0n) is 18.3. The molecule has 0 nitrogen and oxygen atoms in total. The third-order valence-corrected chi connectivity index (χ3v) is 5.95. The largest absolute Gasteiger partial charge is 0.0654 e. The lowest BCUT2D eigenvalue weighted by Crippen LogP contribution is -2.08. The zero-order valence-corrected chi connectivity index (χ0v) is 18.3. The van der Waals surface area contributed by atoms with E-state index in [2.05, 4.69) is 27.7 Å². The Kier molecular flexibility index (Phi) is 20.3. The molecule has 0 spiro atoms. The highest BCUT2D eigenvalue weighted by molar-refractivity contribution is 4.64. The Hall–Kier alpha value is 0. The molecule has 0 saturated carbocycles. The summed E-state index contributed by atoms with van der Waals surface area (Å²) >= 11 is 0. The summed E-state index contributed by atoms with van der Waals surface area (Å²) in [7, 11) is 0. The number of rotatable bonds is 20. The monoisotopic (exact) mass is 351 g/mol. The summed E-state index contributed by atoms with van der Waals surface area (Å²) in [6, 6.07) is 0. The minimum atomic E-state index is 0.845. The van der Waals surface area contributed by atoms with E-state index < -0.39 is 0 Å². The Bertz CT molecular complexity index is 230. The van der Waals surface area contributed by atoms with Crippen molar-refractivity contribution >= 4 is 0 Å². The fourth-order valence-corrected chi connectivity index (χ4v) is 4.03. The van der Waals surface area contributed by atoms with Crippen LogP contribution in [0.3, 0.4) is 0 Å². The fourth-order valence-electron chi connectivity index (χ4n) is 4.03. The molecule has 0 amide bonds. The van der Waals surface area contributed by atoms with Gasteiger partial charge in [-0.1, -0.05) is 150 Å². The molecule has 0 aromatic carbocycles. The van der Waals surface area contributed by atoms with E-state index in [9.17, 15) is 0 Å². The van der Waals surface area contributed by atoms with Gasteiger partial charge in [0.05, 0.1) is 0 Å². The lowest BCUT2D eigenvalue weighted by molar-refractivity contribution is 0.325. The maximum Gasteiger partial charge on any atom is -0.0391 e. The van der Waals surface area contributed by atoms with Gasteiger partial charge in [-0.25, -0.2) is 0 Å². The van der Waals surface area contributed by atoms with Crippen molar-refractivity contribution < 1.29 is 0 Å². The van der Waals surface area contributed by atoms with E-state index in [4.69, 9.17) is 0 Å². The van der Waals surface area contributed by atoms with Gasteiger partial charge in [-0.15, -0.1) is 0 Å². The van der Waals surface area contributed by atoms with Crippen LogP contribution in [0.15, 0.2) is 0 Å². The predicted molar refractivity (Wildman–Crippen MR) is 117 cm³/mol. The third kappa shape index (κ3) is 18.6. The Morgan fingerprint density at radius 1 is 0.520 bits per heavy atom. The lowest BCUT2D eigenvalue weighted by atomic mass is 9.86. The third-order valence-electron chi connectivity index (χ3n) is 5.95. The van der Waals surface area contributed by atoms with Gasteiger partial charge in [-0.05, 0) is 11.8 Å². The second-order valence-corrected chi connectivity index (χ2v) is 8.74. The van der Waals surface area contributed by atoms with E-state index >= 15 is 0 Å². The van der Waals surface area contributed by atoms with Crippen molar-refractivity contribution in [1.29, 1.82) is 0 Å². The first kappa shape index (κ1) is 25.0. The Morgan fingerprint density at radius 2 is 0.880 bits per heavy atom. The molecule has 0 aliphatic heterocycles. The molecular formula is C25H51. The van der Waals surface area contributed by atoms with Crippen molar-refractivity contribution in [2.45, 2.75) is 143 Å². The quantitative estimate of drug-likeness (QED) is 0.191. The van der Waals surface area contributed by atoms with E-state index in [1.54, 1.807) is 0 Å². The van der Waals surface area contributed by atoms with Gasteiger partial charge in [0.1, 0.15) is 0 Å². The van der Waals surface area contributed by atoms with Gasteiger partial charge in [-0.3, -0.25) is 0 Å². The Balaban J connectivity index is 3.16. The van der Waals surface area contributed by atoms with Gasteiger partial charge in [0.15, 0.2) is 0 Å². The molecule has 151 valence electrons. The highest BCUT2D eigenvalue weighted by atomic mass is 14.2. The summed E-state index contributed by atoms with van der Waals surface area (Å²) in [4.78, 5) is 0. The van der Waals surface area contributed by atoms with Crippen molar-refractivity contribution in [3.05, 3.63) is 6.92 Å². The van der Waals surface area contributed by atoms with Gasteiger partial charge in [0.25, 0.3) is 0 Å². The topological polar surface area (TPSA) is 0 Å². The summed E-state index contributed by atoms with van der Waals surface area (Å²) in [6.07, 6.45) is 27.3. The fraction of sp³-hybridized carbons (Fsp3) is 0.960. The second-order valence-electron chi connectivity index (χ2n) is 8.74. The van der Waals surface area contributed by atoms with E-state index in [-0.39, 0.29) is 0 Å². The minimum Gasteiger partial charge on any atom is -0.0654 e. The molecule has 0 aliphatic carbocycles. The summed E-state index contributed by atoms with van der Waals surface area (Å²) in [6.45, 7) is 11.1. The van der Waals surface area contributed by atoms with Crippen molar-refractivity contribution in [1.82, 2.24) is 0 Å². The van der Waals surface area contributed by atoms with Crippen LogP contribution >= 0.6 is 0 Å². The molecule has 0 fully saturated rings. The van der Waals surface area contributed by atoms with Gasteiger partial charge < -0.3 is 0 Å². The van der Waals surface area contributed by atoms with E-state index in [1.807, 2.05) is 0 Å². The van der Waals surface area contributed by atoms with E-state index in [1.165, 1.54) is 116 Å². The number of hydrogen-bond acceptors (Lipinski definition) is 0. The molecule has 1 unspecified atom stereocenters. The molecule has 0 saturated heterocycles. The van der Waals surface area contributed by atoms with E-state index in [0.29, 0.717) is 0 Å². The van der Waals surface area contributed by atoms with Crippen LogP contribution in [0, 0.1) is 18.8 Å². The minimum absolute atomic E-state index is 0.845. The molecule has 0 heteroatoms. The van der Waals surface area contributed by atoms with Gasteiger partial charge in [0.2, 0.25) is 0 Å². The first-order valence-electron chi connectivity index (χ1n) is 12.0. The van der Waals surface area contributed by atoms with Crippen LogP contribution in [-0.4, -0.2) is 0 Å². The standard InChI is InChI=1S/C25H51/c1-5-7-8-9-10-11-12-13-14-15-16-17-18-19-20-21-23-25(22-6-2)24(3)4/h24-25H,2,5-23H2,1,3-4H3. The molecular weight excluding hydrogens is 300 g/mol. The Labute approximate surface area is 161 Å². The Morgan fingerprint density at radius 3 is 1.20 bits per heavy atom. The predicted octanol–water partition coefficient (Wildman–Crippen LogP) is 9.52. The molecule has 0 aromatic rings. The van der Waals surface area contributed by atoms with Crippen molar-refractivity contribution in [3.63, 3.8) is 0 Å². The highest BCUT2D eigenvalue weighted by Crippen LogP contribution is 2.24. The van der Waals surface area contributed by atoms with Crippen LogP contribution in [0.5, 0.6) is 0 Å². The van der Waals surface area contributed by atoms with Crippen LogP contribution < -0.4 is 0 Å². The molecule has 25 heavy (non-hydrogen) atoms. The summed E-state index contributed by atoms with van der Waals surface area (Å²) in [5.74, 6) is 1.77. The van der Waals surface area contributed by atoms with Crippen molar-refractivity contribution in [2.75, 3.05) is 0 Å². The molecule has 0 aliphatic rings. The first-order chi connectivity index (χ1) is 12.2. The molecule has 0 aromatic heterocycles.